The van der Waals surface area contributed by atoms with Crippen LogP contribution in [0.4, 0.5) is 0 Å². The van der Waals surface area contributed by atoms with Crippen molar-refractivity contribution in [1.82, 2.24) is 5.32 Å². The average Bonchev–Trinajstić information content (AvgIpc) is 2.93. The number of nitrogens with one attached hydrogen (secondary N) is 1. The molecule has 1 heterocycles. The summed E-state index contributed by atoms with van der Waals surface area (Å²) < 4.78 is 5.36. The highest BCUT2D eigenvalue weighted by Gasteiger charge is 2.38. The molecule has 1 aliphatic carbocycles. The standard InChI is InChI=1S/C14H19NO/c1-2-4-11(5-3-1)14-8-12(14)9-15-13-6-7-16-10-13/h1-5,12-15H,6-10H2. The molecular weight excluding hydrogens is 198 g/mol. The first-order valence-corrected chi connectivity index (χ1v) is 6.29. The molecule has 0 amide bonds. The number of hydrogen-bond acceptors (Lipinski definition) is 2. The van der Waals surface area contributed by atoms with Crippen molar-refractivity contribution in [3.63, 3.8) is 0 Å². The van der Waals surface area contributed by atoms with Crippen molar-refractivity contribution in [2.75, 3.05) is 19.8 Å². The molecule has 2 aliphatic rings. The molecule has 0 aromatic heterocycles. The fraction of sp³-hybridized carbons (Fsp3) is 0.571. The van der Waals surface area contributed by atoms with Crippen LogP contribution in [0.2, 0.25) is 0 Å². The maximum Gasteiger partial charge on any atom is 0.0620 e. The van der Waals surface area contributed by atoms with Crippen molar-refractivity contribution in [2.24, 2.45) is 5.92 Å². The minimum Gasteiger partial charge on any atom is -0.380 e. The second-order valence-corrected chi connectivity index (χ2v) is 4.98. The van der Waals surface area contributed by atoms with Crippen molar-refractivity contribution in [3.05, 3.63) is 35.9 Å². The molecule has 1 saturated heterocycles. The first-order valence-electron chi connectivity index (χ1n) is 6.29. The highest BCUT2D eigenvalue weighted by atomic mass is 16.5. The minimum absolute atomic E-state index is 0.608. The second-order valence-electron chi connectivity index (χ2n) is 4.98. The first-order chi connectivity index (χ1) is 7.93. The zero-order valence-corrected chi connectivity index (χ0v) is 9.56. The van der Waals surface area contributed by atoms with Gasteiger partial charge in [0.2, 0.25) is 0 Å². The van der Waals surface area contributed by atoms with E-state index in [0.29, 0.717) is 6.04 Å². The van der Waals surface area contributed by atoms with Gasteiger partial charge in [0.1, 0.15) is 0 Å². The van der Waals surface area contributed by atoms with Crippen LogP contribution >= 0.6 is 0 Å². The van der Waals surface area contributed by atoms with E-state index in [4.69, 9.17) is 4.74 Å². The summed E-state index contributed by atoms with van der Waals surface area (Å²) in [6.07, 6.45) is 2.54. The quantitative estimate of drug-likeness (QED) is 0.834. The molecule has 3 rings (SSSR count). The van der Waals surface area contributed by atoms with Gasteiger partial charge in [0.15, 0.2) is 0 Å². The van der Waals surface area contributed by atoms with Gasteiger partial charge >= 0.3 is 0 Å². The topological polar surface area (TPSA) is 21.3 Å². The summed E-state index contributed by atoms with van der Waals surface area (Å²) in [7, 11) is 0. The van der Waals surface area contributed by atoms with E-state index in [0.717, 1.165) is 31.6 Å². The van der Waals surface area contributed by atoms with E-state index < -0.39 is 0 Å². The summed E-state index contributed by atoms with van der Waals surface area (Å²) >= 11 is 0. The molecule has 1 aromatic rings. The van der Waals surface area contributed by atoms with Crippen LogP contribution in [-0.2, 0) is 4.74 Å². The van der Waals surface area contributed by atoms with Crippen molar-refractivity contribution in [3.8, 4) is 0 Å². The van der Waals surface area contributed by atoms with Crippen molar-refractivity contribution < 1.29 is 4.74 Å². The zero-order valence-electron chi connectivity index (χ0n) is 9.56. The van der Waals surface area contributed by atoms with E-state index >= 15 is 0 Å². The van der Waals surface area contributed by atoms with Crippen molar-refractivity contribution >= 4 is 0 Å². The van der Waals surface area contributed by atoms with Gasteiger partial charge in [0, 0.05) is 12.6 Å². The van der Waals surface area contributed by atoms with Crippen molar-refractivity contribution in [2.45, 2.75) is 24.8 Å². The Hall–Kier alpha value is -0.860. The van der Waals surface area contributed by atoms with Gasteiger partial charge in [-0.3, -0.25) is 0 Å². The second kappa shape index (κ2) is 4.56. The van der Waals surface area contributed by atoms with Crippen LogP contribution in [0.3, 0.4) is 0 Å². The van der Waals surface area contributed by atoms with Crippen LogP contribution in [0.15, 0.2) is 30.3 Å². The highest BCUT2D eigenvalue weighted by molar-refractivity contribution is 5.25. The van der Waals surface area contributed by atoms with Gasteiger partial charge in [-0.25, -0.2) is 0 Å². The summed E-state index contributed by atoms with van der Waals surface area (Å²) in [6.45, 7) is 3.00. The van der Waals surface area contributed by atoms with Gasteiger partial charge in [-0.05, 0) is 36.8 Å². The van der Waals surface area contributed by atoms with Crippen molar-refractivity contribution in [1.29, 1.82) is 0 Å². The molecule has 1 saturated carbocycles. The third-order valence-corrected chi connectivity index (χ3v) is 3.75. The van der Waals surface area contributed by atoms with Crippen LogP contribution < -0.4 is 5.32 Å². The molecule has 86 valence electrons. The lowest BCUT2D eigenvalue weighted by Gasteiger charge is -2.09. The molecule has 0 bridgehead atoms. The van der Waals surface area contributed by atoms with Gasteiger partial charge in [-0.1, -0.05) is 30.3 Å². The van der Waals surface area contributed by atoms with E-state index in [1.807, 2.05) is 0 Å². The third kappa shape index (κ3) is 2.28. The van der Waals surface area contributed by atoms with Crippen LogP contribution in [-0.4, -0.2) is 25.8 Å². The molecule has 0 radical (unpaired) electrons. The summed E-state index contributed by atoms with van der Waals surface area (Å²) in [5, 5.41) is 3.62. The third-order valence-electron chi connectivity index (χ3n) is 3.75. The molecule has 1 aliphatic heterocycles. The average molecular weight is 217 g/mol. The number of rotatable bonds is 4. The smallest absolute Gasteiger partial charge is 0.0620 e. The van der Waals surface area contributed by atoms with Crippen LogP contribution in [0.5, 0.6) is 0 Å². The maximum atomic E-state index is 5.36. The lowest BCUT2D eigenvalue weighted by molar-refractivity contribution is 0.190. The lowest BCUT2D eigenvalue weighted by Crippen LogP contribution is -2.31. The molecular formula is C14H19NO. The van der Waals surface area contributed by atoms with E-state index in [1.165, 1.54) is 18.4 Å². The Bertz CT molecular complexity index is 332. The summed E-state index contributed by atoms with van der Waals surface area (Å²) in [5.74, 6) is 1.65. The fourth-order valence-electron chi connectivity index (χ4n) is 2.60. The fourth-order valence-corrected chi connectivity index (χ4v) is 2.60. The Kier molecular flexibility index (Phi) is 2.94. The normalized spacial score (nSPS) is 32.9. The minimum atomic E-state index is 0.608. The van der Waals surface area contributed by atoms with Gasteiger partial charge in [0.25, 0.3) is 0 Å². The number of benzene rings is 1. The molecule has 0 spiro atoms. The first kappa shape index (κ1) is 10.3. The maximum absolute atomic E-state index is 5.36. The number of ether oxygens (including phenoxy) is 1. The lowest BCUT2D eigenvalue weighted by atomic mass is 10.1. The van der Waals surface area contributed by atoms with Gasteiger partial charge in [-0.2, -0.15) is 0 Å². The van der Waals surface area contributed by atoms with E-state index in [1.54, 1.807) is 0 Å². The number of hydrogen-bond donors (Lipinski definition) is 1. The summed E-state index contributed by atoms with van der Waals surface area (Å²) in [6, 6.07) is 11.5. The molecule has 3 unspecified atom stereocenters. The van der Waals surface area contributed by atoms with E-state index in [-0.39, 0.29) is 0 Å². The molecule has 2 heteroatoms. The summed E-state index contributed by atoms with van der Waals surface area (Å²) in [5.41, 5.74) is 1.51. The molecule has 2 fully saturated rings. The summed E-state index contributed by atoms with van der Waals surface area (Å²) in [4.78, 5) is 0. The van der Waals surface area contributed by atoms with Crippen LogP contribution in [0.1, 0.15) is 24.3 Å². The predicted octanol–water partition coefficient (Wildman–Crippen LogP) is 2.17. The SMILES string of the molecule is c1ccc(C2CC2CNC2CCOC2)cc1. The Labute approximate surface area is 97.0 Å². The Balaban J connectivity index is 1.46. The highest BCUT2D eigenvalue weighted by Crippen LogP contribution is 2.46. The molecule has 16 heavy (non-hydrogen) atoms. The van der Waals surface area contributed by atoms with Gasteiger partial charge in [-0.15, -0.1) is 0 Å². The Morgan fingerprint density at radius 2 is 2.12 bits per heavy atom. The van der Waals surface area contributed by atoms with E-state index in [9.17, 15) is 0 Å². The Morgan fingerprint density at radius 1 is 1.25 bits per heavy atom. The molecule has 2 nitrogen and oxygen atoms in total. The van der Waals surface area contributed by atoms with Gasteiger partial charge in [0.05, 0.1) is 6.61 Å². The molecule has 3 atom stereocenters. The van der Waals surface area contributed by atoms with Crippen LogP contribution in [0, 0.1) is 5.92 Å². The Morgan fingerprint density at radius 3 is 2.88 bits per heavy atom. The molecule has 1 N–H and O–H groups in total. The monoisotopic (exact) mass is 217 g/mol. The molecule has 1 aromatic carbocycles. The van der Waals surface area contributed by atoms with Crippen LogP contribution in [0.25, 0.3) is 0 Å². The zero-order chi connectivity index (χ0) is 10.8. The largest absolute Gasteiger partial charge is 0.380 e. The van der Waals surface area contributed by atoms with E-state index in [2.05, 4.69) is 35.6 Å². The predicted molar refractivity (Wildman–Crippen MR) is 64.5 cm³/mol. The van der Waals surface area contributed by atoms with Gasteiger partial charge < -0.3 is 10.1 Å².